The minimum Gasteiger partial charge on any atom is -0.391 e. The monoisotopic (exact) mass is 463 g/mol. The zero-order chi connectivity index (χ0) is 17.7. The van der Waals surface area contributed by atoms with E-state index in [1.165, 1.54) is 10.6 Å². The molecule has 1 aromatic heterocycles. The predicted molar refractivity (Wildman–Crippen MR) is 104 cm³/mol. The number of anilines is 2. The number of aliphatic hydroxyl groups excluding tert-OH is 1. The van der Waals surface area contributed by atoms with Crippen LogP contribution in [0.5, 0.6) is 0 Å². The molecule has 130 valence electrons. The molecule has 0 spiro atoms. The van der Waals surface area contributed by atoms with Crippen LogP contribution in [0.2, 0.25) is 5.02 Å². The largest absolute Gasteiger partial charge is 0.391 e. The summed E-state index contributed by atoms with van der Waals surface area (Å²) in [6.45, 7) is 2.18. The lowest BCUT2D eigenvalue weighted by atomic mass is 10.2. The van der Waals surface area contributed by atoms with E-state index in [9.17, 15) is 9.90 Å². The Labute approximate surface area is 158 Å². The van der Waals surface area contributed by atoms with E-state index in [0.29, 0.717) is 23.1 Å². The fraction of sp³-hybridized carbons (Fsp3) is 0.312. The number of nitrogens with one attached hydrogen (secondary N) is 2. The molecule has 1 aromatic carbocycles. The molecule has 0 radical (unpaired) electrons. The fourth-order valence-corrected chi connectivity index (χ4v) is 2.92. The van der Waals surface area contributed by atoms with Gasteiger partial charge in [-0.2, -0.15) is 5.48 Å². The van der Waals surface area contributed by atoms with Crippen molar-refractivity contribution in [3.63, 3.8) is 0 Å². The Kier molecular flexibility index (Phi) is 7.05. The highest BCUT2D eigenvalue weighted by Crippen LogP contribution is 2.28. The molecule has 1 atom stereocenters. The predicted octanol–water partition coefficient (Wildman–Crippen LogP) is 2.79. The van der Waals surface area contributed by atoms with Gasteiger partial charge in [-0.1, -0.05) is 11.6 Å². The van der Waals surface area contributed by atoms with Crippen molar-refractivity contribution in [2.75, 3.05) is 11.9 Å². The summed E-state index contributed by atoms with van der Waals surface area (Å²) < 4.78 is 2.54. The molecule has 0 bridgehead atoms. The number of aromatic nitrogens is 1. The number of halogens is 2. The Bertz CT molecular complexity index is 765. The van der Waals surface area contributed by atoms with E-state index in [1.54, 1.807) is 20.0 Å². The lowest BCUT2D eigenvalue weighted by molar-refractivity contribution is -0.0159. The van der Waals surface area contributed by atoms with E-state index in [-0.39, 0.29) is 12.2 Å². The number of benzene rings is 1. The van der Waals surface area contributed by atoms with Crippen LogP contribution in [0.15, 0.2) is 35.1 Å². The number of hydrogen-bond donors (Lipinski definition) is 3. The number of pyridine rings is 1. The highest BCUT2D eigenvalue weighted by atomic mass is 127. The minimum absolute atomic E-state index is 0.132. The van der Waals surface area contributed by atoms with Crippen LogP contribution in [0.1, 0.15) is 12.5 Å². The highest BCUT2D eigenvalue weighted by molar-refractivity contribution is 14.1. The van der Waals surface area contributed by atoms with Gasteiger partial charge in [0.25, 0.3) is 5.56 Å². The second-order valence-corrected chi connectivity index (χ2v) is 6.99. The Balaban J connectivity index is 2.23. The number of aliphatic hydroxyl groups is 1. The molecule has 8 heteroatoms. The van der Waals surface area contributed by atoms with Crippen molar-refractivity contribution in [1.82, 2.24) is 10.0 Å². The van der Waals surface area contributed by atoms with Gasteiger partial charge in [-0.3, -0.25) is 14.2 Å². The van der Waals surface area contributed by atoms with Crippen molar-refractivity contribution in [1.29, 1.82) is 0 Å². The molecular weight excluding hydrogens is 445 g/mol. The van der Waals surface area contributed by atoms with Crippen LogP contribution in [0.4, 0.5) is 11.5 Å². The lowest BCUT2D eigenvalue weighted by Crippen LogP contribution is -2.24. The van der Waals surface area contributed by atoms with Gasteiger partial charge in [0.2, 0.25) is 0 Å². The molecule has 2 aromatic rings. The third-order valence-electron chi connectivity index (χ3n) is 3.27. The average molecular weight is 464 g/mol. The molecule has 6 nitrogen and oxygen atoms in total. The first-order valence-corrected chi connectivity index (χ1v) is 8.78. The van der Waals surface area contributed by atoms with Crippen LogP contribution in [0.25, 0.3) is 0 Å². The first-order valence-electron chi connectivity index (χ1n) is 7.32. The maximum absolute atomic E-state index is 11.9. The number of hydrogen-bond acceptors (Lipinski definition) is 5. The maximum Gasteiger partial charge on any atom is 0.251 e. The molecule has 0 amide bonds. The second-order valence-electron chi connectivity index (χ2n) is 5.33. The van der Waals surface area contributed by atoms with Crippen LogP contribution in [0.3, 0.4) is 0 Å². The van der Waals surface area contributed by atoms with Gasteiger partial charge >= 0.3 is 0 Å². The standard InChI is InChI=1S/C16H19ClIN3O3/c1-10(22)9-24-19-8-11-3-6-15(23)21(2)16(11)20-14-5-4-12(18)7-13(14)17/h3-7,10,19-20,22H,8-9H2,1-2H3/t10-/m0/s1. The Morgan fingerprint density at radius 1 is 1.38 bits per heavy atom. The Morgan fingerprint density at radius 2 is 2.12 bits per heavy atom. The summed E-state index contributed by atoms with van der Waals surface area (Å²) in [6.07, 6.45) is -0.555. The average Bonchev–Trinajstić information content (AvgIpc) is 2.52. The first-order chi connectivity index (χ1) is 11.4. The van der Waals surface area contributed by atoms with Crippen LogP contribution in [-0.2, 0) is 18.4 Å². The van der Waals surface area contributed by atoms with Crippen molar-refractivity contribution in [3.05, 3.63) is 54.8 Å². The molecule has 1 heterocycles. The van der Waals surface area contributed by atoms with Crippen LogP contribution in [0, 0.1) is 3.57 Å². The van der Waals surface area contributed by atoms with E-state index in [4.69, 9.17) is 16.4 Å². The molecule has 0 aliphatic heterocycles. The topological polar surface area (TPSA) is 75.5 Å². The van der Waals surface area contributed by atoms with Gasteiger partial charge in [-0.05, 0) is 53.8 Å². The Hall–Kier alpha value is -1.13. The quantitative estimate of drug-likeness (QED) is 0.334. The molecular formula is C16H19ClIN3O3. The number of hydroxylamine groups is 1. The summed E-state index contributed by atoms with van der Waals surface area (Å²) in [5.41, 5.74) is 4.19. The van der Waals surface area contributed by atoms with E-state index < -0.39 is 6.10 Å². The van der Waals surface area contributed by atoms with E-state index >= 15 is 0 Å². The van der Waals surface area contributed by atoms with Gasteiger partial charge in [-0.25, -0.2) is 0 Å². The molecule has 0 saturated carbocycles. The molecule has 24 heavy (non-hydrogen) atoms. The second kappa shape index (κ2) is 8.82. The zero-order valence-corrected chi connectivity index (χ0v) is 16.3. The van der Waals surface area contributed by atoms with E-state index in [2.05, 4.69) is 33.4 Å². The summed E-state index contributed by atoms with van der Waals surface area (Å²) in [7, 11) is 1.69. The van der Waals surface area contributed by atoms with E-state index in [0.717, 1.165) is 9.13 Å². The summed E-state index contributed by atoms with van der Waals surface area (Å²) >= 11 is 8.45. The molecule has 0 unspecified atom stereocenters. The van der Waals surface area contributed by atoms with Crippen LogP contribution < -0.4 is 16.4 Å². The van der Waals surface area contributed by atoms with Gasteiger partial charge in [-0.15, -0.1) is 0 Å². The van der Waals surface area contributed by atoms with Crippen molar-refractivity contribution < 1.29 is 9.94 Å². The van der Waals surface area contributed by atoms with Crippen LogP contribution >= 0.6 is 34.2 Å². The van der Waals surface area contributed by atoms with E-state index in [1.807, 2.05) is 18.2 Å². The minimum atomic E-state index is -0.555. The van der Waals surface area contributed by atoms with Crippen LogP contribution in [-0.4, -0.2) is 22.4 Å². The lowest BCUT2D eigenvalue weighted by Gasteiger charge is -2.17. The maximum atomic E-state index is 11.9. The third kappa shape index (κ3) is 5.18. The molecule has 2 rings (SSSR count). The zero-order valence-electron chi connectivity index (χ0n) is 13.3. The summed E-state index contributed by atoms with van der Waals surface area (Å²) in [6, 6.07) is 8.85. The Morgan fingerprint density at radius 3 is 2.79 bits per heavy atom. The molecule has 0 aliphatic carbocycles. The molecule has 0 aliphatic rings. The third-order valence-corrected chi connectivity index (χ3v) is 4.25. The van der Waals surface area contributed by atoms with Gasteiger partial charge in [0.15, 0.2) is 0 Å². The summed E-state index contributed by atoms with van der Waals surface area (Å²) in [4.78, 5) is 17.1. The summed E-state index contributed by atoms with van der Waals surface area (Å²) in [5.74, 6) is 0.624. The summed E-state index contributed by atoms with van der Waals surface area (Å²) in [5, 5.41) is 13.0. The normalized spacial score (nSPS) is 12.2. The molecule has 0 fully saturated rings. The highest BCUT2D eigenvalue weighted by Gasteiger charge is 2.10. The molecule has 3 N–H and O–H groups in total. The molecule has 0 saturated heterocycles. The smallest absolute Gasteiger partial charge is 0.251 e. The van der Waals surface area contributed by atoms with Gasteiger partial charge in [0.05, 0.1) is 23.4 Å². The number of nitrogens with zero attached hydrogens (tertiary/aromatic N) is 1. The van der Waals surface area contributed by atoms with Crippen molar-refractivity contribution in [2.24, 2.45) is 7.05 Å². The van der Waals surface area contributed by atoms with Gasteiger partial charge in [0.1, 0.15) is 5.82 Å². The van der Waals surface area contributed by atoms with Crippen molar-refractivity contribution in [2.45, 2.75) is 19.6 Å². The number of rotatable bonds is 7. The van der Waals surface area contributed by atoms with Crippen molar-refractivity contribution in [3.8, 4) is 0 Å². The SMILES string of the molecule is C[C@H](O)CONCc1ccc(=O)n(C)c1Nc1ccc(I)cc1Cl. The van der Waals surface area contributed by atoms with Crippen molar-refractivity contribution >= 4 is 45.7 Å². The van der Waals surface area contributed by atoms with Gasteiger partial charge < -0.3 is 10.4 Å². The van der Waals surface area contributed by atoms with Gasteiger partial charge in [0, 0.05) is 28.8 Å². The fourth-order valence-electron chi connectivity index (χ4n) is 2.02. The first kappa shape index (κ1) is 19.2.